The molecule has 0 saturated carbocycles. The van der Waals surface area contributed by atoms with E-state index in [1.807, 2.05) is 0 Å². The van der Waals surface area contributed by atoms with Gasteiger partial charge in [0, 0.05) is 15.6 Å². The molecule has 2 N–H and O–H groups in total. The Kier molecular flexibility index (Phi) is 5.42. The van der Waals surface area contributed by atoms with Gasteiger partial charge in [-0.25, -0.2) is 0 Å². The van der Waals surface area contributed by atoms with E-state index < -0.39 is 0 Å². The summed E-state index contributed by atoms with van der Waals surface area (Å²) in [7, 11) is 0. The second-order valence-corrected chi connectivity index (χ2v) is 3.21. The van der Waals surface area contributed by atoms with E-state index in [2.05, 4.69) is 6.58 Å². The first-order valence-electron chi connectivity index (χ1n) is 3.49. The first-order chi connectivity index (χ1) is 5.66. The second-order valence-electron chi connectivity index (χ2n) is 2.40. The summed E-state index contributed by atoms with van der Waals surface area (Å²) in [5.41, 5.74) is 6.44. The number of hydrogen-bond donors (Lipinski definition) is 1. The van der Waals surface area contributed by atoms with Gasteiger partial charge in [-0.15, -0.1) is 19.0 Å². The molecule has 13 heavy (non-hydrogen) atoms. The lowest BCUT2D eigenvalue weighted by Gasteiger charge is -2.10. The Labute approximate surface area is 93.9 Å². The molecule has 0 spiro atoms. The van der Waals surface area contributed by atoms with E-state index in [1.165, 1.54) is 0 Å². The Bertz CT molecular complexity index is 279. The van der Waals surface area contributed by atoms with E-state index in [1.54, 1.807) is 24.3 Å². The molecule has 0 saturated heterocycles. The third kappa shape index (κ3) is 2.89. The van der Waals surface area contributed by atoms with Crippen LogP contribution in [0.1, 0.15) is 11.6 Å². The van der Waals surface area contributed by atoms with Gasteiger partial charge in [0.05, 0.1) is 6.04 Å². The monoisotopic (exact) mass is 237 g/mol. The van der Waals surface area contributed by atoms with Crippen LogP contribution in [0.4, 0.5) is 0 Å². The van der Waals surface area contributed by atoms with Crippen LogP contribution in [0.5, 0.6) is 0 Å². The minimum atomic E-state index is -0.300. The van der Waals surface area contributed by atoms with E-state index >= 15 is 0 Å². The van der Waals surface area contributed by atoms with Crippen molar-refractivity contribution in [2.45, 2.75) is 6.04 Å². The second kappa shape index (κ2) is 5.51. The normalized spacial score (nSPS) is 11.6. The minimum absolute atomic E-state index is 0. The first kappa shape index (κ1) is 12.8. The molecule has 1 nitrogen and oxygen atoms in total. The summed E-state index contributed by atoms with van der Waals surface area (Å²) in [6, 6.07) is 4.99. The number of hydrogen-bond acceptors (Lipinski definition) is 1. The van der Waals surface area contributed by atoms with Gasteiger partial charge >= 0.3 is 0 Å². The Hall–Kier alpha value is -0.210. The molecule has 0 unspecified atom stereocenters. The molecule has 1 atom stereocenters. The van der Waals surface area contributed by atoms with E-state index in [4.69, 9.17) is 28.9 Å². The highest BCUT2D eigenvalue weighted by atomic mass is 35.5. The lowest BCUT2D eigenvalue weighted by Crippen LogP contribution is -2.07. The summed E-state index contributed by atoms with van der Waals surface area (Å²) in [4.78, 5) is 0. The zero-order valence-corrected chi connectivity index (χ0v) is 9.16. The van der Waals surface area contributed by atoms with Crippen LogP contribution in [-0.4, -0.2) is 0 Å². The highest BCUT2D eigenvalue weighted by Crippen LogP contribution is 2.29. The fraction of sp³-hybridized carbons (Fsp3) is 0.111. The third-order valence-electron chi connectivity index (χ3n) is 1.59. The molecule has 1 aromatic carbocycles. The highest BCUT2D eigenvalue weighted by Gasteiger charge is 2.09. The quantitative estimate of drug-likeness (QED) is 0.783. The highest BCUT2D eigenvalue weighted by molar-refractivity contribution is 6.36. The van der Waals surface area contributed by atoms with Crippen LogP contribution in [0.15, 0.2) is 30.9 Å². The van der Waals surface area contributed by atoms with Crippen LogP contribution < -0.4 is 5.73 Å². The van der Waals surface area contributed by atoms with Crippen LogP contribution >= 0.6 is 35.6 Å². The maximum Gasteiger partial charge on any atom is 0.0508 e. The van der Waals surface area contributed by atoms with Crippen molar-refractivity contribution in [2.75, 3.05) is 0 Å². The maximum atomic E-state index is 5.89. The number of halogens is 3. The predicted molar refractivity (Wildman–Crippen MR) is 60.8 cm³/mol. The van der Waals surface area contributed by atoms with Gasteiger partial charge in [-0.05, 0) is 12.1 Å². The summed E-state index contributed by atoms with van der Waals surface area (Å²) >= 11 is 11.8. The smallest absolute Gasteiger partial charge is 0.0508 e. The number of benzene rings is 1. The van der Waals surface area contributed by atoms with Crippen LogP contribution in [0, 0.1) is 0 Å². The largest absolute Gasteiger partial charge is 0.321 e. The summed E-state index contributed by atoms with van der Waals surface area (Å²) in [6.07, 6.45) is 1.60. The standard InChI is InChI=1S/C9H9Cl2N.ClH/c1-2-8(12)9-6(10)4-3-5-7(9)11;/h2-5,8H,1,12H2;1H/t8-;/m0./s1. The van der Waals surface area contributed by atoms with Crippen molar-refractivity contribution in [3.63, 3.8) is 0 Å². The molecule has 1 aromatic rings. The molecule has 4 heteroatoms. The Morgan fingerprint density at radius 1 is 1.31 bits per heavy atom. The number of nitrogens with two attached hydrogens (primary N) is 1. The average Bonchev–Trinajstić information content (AvgIpc) is 2.03. The maximum absolute atomic E-state index is 5.89. The molecule has 0 aliphatic rings. The Balaban J connectivity index is 0.00000144. The zero-order chi connectivity index (χ0) is 9.14. The summed E-state index contributed by atoms with van der Waals surface area (Å²) in [5, 5.41) is 1.16. The van der Waals surface area contributed by atoms with Crippen LogP contribution in [0.3, 0.4) is 0 Å². The Morgan fingerprint density at radius 3 is 2.15 bits per heavy atom. The van der Waals surface area contributed by atoms with Crippen molar-refractivity contribution in [3.8, 4) is 0 Å². The molecular formula is C9H10Cl3N. The summed E-state index contributed by atoms with van der Waals surface area (Å²) in [6.45, 7) is 3.58. The van der Waals surface area contributed by atoms with Crippen molar-refractivity contribution in [1.82, 2.24) is 0 Å². The van der Waals surface area contributed by atoms with Gasteiger partial charge in [0.2, 0.25) is 0 Å². The predicted octanol–water partition coefficient (Wildman–Crippen LogP) is 3.60. The Morgan fingerprint density at radius 2 is 1.77 bits per heavy atom. The van der Waals surface area contributed by atoms with Gasteiger partial charge in [-0.2, -0.15) is 0 Å². The lowest BCUT2D eigenvalue weighted by molar-refractivity contribution is 0.915. The van der Waals surface area contributed by atoms with E-state index in [0.29, 0.717) is 10.0 Å². The molecule has 0 aromatic heterocycles. The van der Waals surface area contributed by atoms with E-state index in [9.17, 15) is 0 Å². The van der Waals surface area contributed by atoms with Crippen LogP contribution in [0.25, 0.3) is 0 Å². The van der Waals surface area contributed by atoms with Gasteiger partial charge < -0.3 is 5.73 Å². The lowest BCUT2D eigenvalue weighted by atomic mass is 10.1. The molecular weight excluding hydrogens is 228 g/mol. The minimum Gasteiger partial charge on any atom is -0.321 e. The fourth-order valence-corrected chi connectivity index (χ4v) is 1.60. The van der Waals surface area contributed by atoms with Crippen LogP contribution in [0.2, 0.25) is 10.0 Å². The van der Waals surface area contributed by atoms with Gasteiger partial charge in [0.15, 0.2) is 0 Å². The molecule has 1 rings (SSSR count). The van der Waals surface area contributed by atoms with Gasteiger partial charge in [0.25, 0.3) is 0 Å². The van der Waals surface area contributed by atoms with Gasteiger partial charge in [0.1, 0.15) is 0 Å². The van der Waals surface area contributed by atoms with Crippen LogP contribution in [-0.2, 0) is 0 Å². The average molecular weight is 239 g/mol. The summed E-state index contributed by atoms with van der Waals surface area (Å²) in [5.74, 6) is 0. The zero-order valence-electron chi connectivity index (χ0n) is 6.84. The molecule has 0 radical (unpaired) electrons. The number of rotatable bonds is 2. The van der Waals surface area contributed by atoms with Crippen molar-refractivity contribution in [3.05, 3.63) is 46.5 Å². The van der Waals surface area contributed by atoms with Crippen molar-refractivity contribution >= 4 is 35.6 Å². The summed E-state index contributed by atoms with van der Waals surface area (Å²) < 4.78 is 0. The molecule has 0 aliphatic heterocycles. The van der Waals surface area contributed by atoms with Gasteiger partial charge in [-0.3, -0.25) is 0 Å². The molecule has 0 heterocycles. The molecule has 0 bridgehead atoms. The molecule has 0 aliphatic carbocycles. The topological polar surface area (TPSA) is 26.0 Å². The fourth-order valence-electron chi connectivity index (χ4n) is 0.947. The van der Waals surface area contributed by atoms with Crippen molar-refractivity contribution in [2.24, 2.45) is 5.73 Å². The molecule has 72 valence electrons. The molecule has 0 fully saturated rings. The SMILES string of the molecule is C=C[C@H](N)c1c(Cl)cccc1Cl.Cl. The first-order valence-corrected chi connectivity index (χ1v) is 4.24. The van der Waals surface area contributed by atoms with Crippen molar-refractivity contribution in [1.29, 1.82) is 0 Å². The van der Waals surface area contributed by atoms with Crippen molar-refractivity contribution < 1.29 is 0 Å². The van der Waals surface area contributed by atoms with Gasteiger partial charge in [-0.1, -0.05) is 35.3 Å². The molecule has 0 amide bonds. The van der Waals surface area contributed by atoms with E-state index in [-0.39, 0.29) is 18.4 Å². The van der Waals surface area contributed by atoms with E-state index in [0.717, 1.165) is 5.56 Å². The third-order valence-corrected chi connectivity index (χ3v) is 2.25.